The number of alkyl halides is 2. The van der Waals surface area contributed by atoms with E-state index in [1.807, 2.05) is 34.9 Å². The first-order valence-electron chi connectivity index (χ1n) is 8.91. The fraction of sp³-hybridized carbons (Fsp3) is 0.200. The van der Waals surface area contributed by atoms with Crippen LogP contribution < -0.4 is 4.74 Å². The third-order valence-corrected chi connectivity index (χ3v) is 5.88. The van der Waals surface area contributed by atoms with Gasteiger partial charge in [-0.05, 0) is 18.2 Å². The number of halogens is 3. The van der Waals surface area contributed by atoms with E-state index in [0.717, 1.165) is 22.4 Å². The average Bonchev–Trinajstić information content (AvgIpc) is 3.30. The van der Waals surface area contributed by atoms with Crippen LogP contribution in [0.15, 0.2) is 48.7 Å². The van der Waals surface area contributed by atoms with Gasteiger partial charge in [0.1, 0.15) is 22.6 Å². The molecule has 2 aromatic heterocycles. The molecule has 0 radical (unpaired) electrons. The molecule has 5 nitrogen and oxygen atoms in total. The van der Waals surface area contributed by atoms with Crippen molar-refractivity contribution in [3.8, 4) is 17.1 Å². The number of fused-ring (bicyclic) bond motifs is 6. The lowest BCUT2D eigenvalue weighted by atomic mass is 9.97. The van der Waals surface area contributed by atoms with E-state index in [4.69, 9.17) is 21.3 Å². The largest absolute Gasteiger partial charge is 0.434 e. The van der Waals surface area contributed by atoms with E-state index >= 15 is 0 Å². The van der Waals surface area contributed by atoms with E-state index in [1.54, 1.807) is 18.3 Å². The van der Waals surface area contributed by atoms with Crippen LogP contribution in [0.25, 0.3) is 22.4 Å². The van der Waals surface area contributed by atoms with Gasteiger partial charge in [-0.2, -0.15) is 8.78 Å². The summed E-state index contributed by atoms with van der Waals surface area (Å²) in [5.74, 6) is 1.66. The second kappa shape index (κ2) is 5.54. The maximum atomic E-state index is 13.1. The molecule has 0 N–H and O–H groups in total. The van der Waals surface area contributed by atoms with Crippen molar-refractivity contribution in [3.63, 3.8) is 0 Å². The Balaban J connectivity index is 1.73. The third kappa shape index (κ3) is 1.99. The lowest BCUT2D eigenvalue weighted by Gasteiger charge is -2.21. The van der Waals surface area contributed by atoms with Gasteiger partial charge in [0.25, 0.3) is 0 Å². The molecule has 2 atom stereocenters. The Hall–Kier alpha value is -2.93. The Morgan fingerprint density at radius 2 is 1.93 bits per heavy atom. The van der Waals surface area contributed by atoms with Crippen molar-refractivity contribution in [2.24, 2.45) is 0 Å². The van der Waals surface area contributed by atoms with Gasteiger partial charge >= 0.3 is 6.61 Å². The SMILES string of the molecule is FC(F)Oc1cccc2c1[C@H]1C[C@H](c3nc4ccccc4n31)n1c(Cl)cnc1-2. The number of hydrogen-bond acceptors (Lipinski definition) is 3. The van der Waals surface area contributed by atoms with Gasteiger partial charge < -0.3 is 13.9 Å². The maximum absolute atomic E-state index is 13.1. The number of imidazole rings is 2. The van der Waals surface area contributed by atoms with Crippen LogP contribution in [0.3, 0.4) is 0 Å². The van der Waals surface area contributed by atoms with Crippen LogP contribution in [-0.2, 0) is 0 Å². The van der Waals surface area contributed by atoms with Gasteiger partial charge in [0, 0.05) is 17.5 Å². The summed E-state index contributed by atoms with van der Waals surface area (Å²) in [6, 6.07) is 12.7. The minimum atomic E-state index is -2.91. The molecule has 8 heteroatoms. The van der Waals surface area contributed by atoms with Gasteiger partial charge in [-0.25, -0.2) is 9.97 Å². The molecule has 2 aliphatic rings. The zero-order valence-corrected chi connectivity index (χ0v) is 15.1. The number of aromatic nitrogens is 4. The number of para-hydroxylation sites is 2. The molecule has 0 aliphatic carbocycles. The third-order valence-electron chi connectivity index (χ3n) is 5.60. The molecule has 2 aliphatic heterocycles. The minimum absolute atomic E-state index is 0.130. The fourth-order valence-electron chi connectivity index (χ4n) is 4.63. The molecule has 0 unspecified atom stereocenters. The Labute approximate surface area is 163 Å². The summed E-state index contributed by atoms with van der Waals surface area (Å²) in [6.07, 6.45) is 2.24. The number of ether oxygens (including phenoxy) is 1. The van der Waals surface area contributed by atoms with Crippen LogP contribution in [-0.4, -0.2) is 25.7 Å². The van der Waals surface area contributed by atoms with Gasteiger partial charge in [0.15, 0.2) is 0 Å². The molecule has 6 rings (SSSR count). The topological polar surface area (TPSA) is 44.9 Å². The van der Waals surface area contributed by atoms with Gasteiger partial charge in [-0.3, -0.25) is 0 Å². The molecule has 4 aromatic rings. The summed E-state index contributed by atoms with van der Waals surface area (Å²) in [4.78, 5) is 9.30. The van der Waals surface area contributed by atoms with Crippen molar-refractivity contribution in [1.82, 2.24) is 19.1 Å². The van der Waals surface area contributed by atoms with Crippen molar-refractivity contribution in [2.75, 3.05) is 0 Å². The molecule has 0 spiro atoms. The lowest BCUT2D eigenvalue weighted by molar-refractivity contribution is -0.0506. The molecule has 0 saturated heterocycles. The predicted molar refractivity (Wildman–Crippen MR) is 99.9 cm³/mol. The van der Waals surface area contributed by atoms with E-state index < -0.39 is 6.61 Å². The van der Waals surface area contributed by atoms with Crippen molar-refractivity contribution in [3.05, 3.63) is 65.2 Å². The highest BCUT2D eigenvalue weighted by Crippen LogP contribution is 2.52. The Morgan fingerprint density at radius 3 is 2.79 bits per heavy atom. The molecule has 28 heavy (non-hydrogen) atoms. The van der Waals surface area contributed by atoms with Crippen LogP contribution in [0.5, 0.6) is 5.75 Å². The first kappa shape index (κ1) is 16.1. The predicted octanol–water partition coefficient (Wildman–Crippen LogP) is 5.05. The summed E-state index contributed by atoms with van der Waals surface area (Å²) < 4.78 is 35.2. The summed E-state index contributed by atoms with van der Waals surface area (Å²) in [5.41, 5.74) is 3.26. The molecule has 0 amide bonds. The van der Waals surface area contributed by atoms with Crippen LogP contribution in [0, 0.1) is 0 Å². The second-order valence-corrected chi connectivity index (χ2v) is 7.35. The van der Waals surface area contributed by atoms with Gasteiger partial charge in [-0.15, -0.1) is 0 Å². The van der Waals surface area contributed by atoms with E-state index in [2.05, 4.69) is 9.55 Å². The molecular formula is C20H13ClF2N4O. The van der Waals surface area contributed by atoms with E-state index in [9.17, 15) is 8.78 Å². The molecule has 4 heterocycles. The molecular weight excluding hydrogens is 386 g/mol. The number of rotatable bonds is 2. The highest BCUT2D eigenvalue weighted by Gasteiger charge is 2.43. The van der Waals surface area contributed by atoms with E-state index in [0.29, 0.717) is 23.0 Å². The molecule has 0 fully saturated rings. The minimum Gasteiger partial charge on any atom is -0.434 e. The summed E-state index contributed by atoms with van der Waals surface area (Å²) >= 11 is 6.49. The molecule has 0 saturated carbocycles. The summed E-state index contributed by atoms with van der Waals surface area (Å²) in [5, 5.41) is 0.493. The standard InChI is InChI=1S/C20H13ClF2N4O/c21-16-9-24-18-10-4-3-7-15(28-20(22)23)17(10)13-8-14(27(16)18)19-25-11-5-1-2-6-12(11)26(13)19/h1-7,9,13-14,20H,8H2/t13-,14-/m1/s1. The van der Waals surface area contributed by atoms with E-state index in [-0.39, 0.29) is 17.8 Å². The van der Waals surface area contributed by atoms with Crippen LogP contribution in [0.2, 0.25) is 5.15 Å². The Bertz CT molecular complexity index is 1250. The van der Waals surface area contributed by atoms with Crippen molar-refractivity contribution < 1.29 is 13.5 Å². The van der Waals surface area contributed by atoms with Crippen molar-refractivity contribution in [2.45, 2.75) is 25.1 Å². The first-order valence-corrected chi connectivity index (χ1v) is 9.29. The summed E-state index contributed by atoms with van der Waals surface area (Å²) in [7, 11) is 0. The lowest BCUT2D eigenvalue weighted by Crippen LogP contribution is -2.13. The van der Waals surface area contributed by atoms with E-state index in [1.165, 1.54) is 0 Å². The maximum Gasteiger partial charge on any atom is 0.387 e. The zero-order valence-electron chi connectivity index (χ0n) is 14.4. The normalized spacial score (nSPS) is 19.4. The highest BCUT2D eigenvalue weighted by molar-refractivity contribution is 6.29. The monoisotopic (exact) mass is 398 g/mol. The highest BCUT2D eigenvalue weighted by atomic mass is 35.5. The second-order valence-electron chi connectivity index (χ2n) is 6.97. The van der Waals surface area contributed by atoms with Crippen molar-refractivity contribution >= 4 is 22.6 Å². The van der Waals surface area contributed by atoms with Gasteiger partial charge in [0.05, 0.1) is 29.3 Å². The quantitative estimate of drug-likeness (QED) is 0.474. The summed E-state index contributed by atoms with van der Waals surface area (Å²) in [6.45, 7) is -2.91. The zero-order chi connectivity index (χ0) is 19.0. The van der Waals surface area contributed by atoms with Gasteiger partial charge in [-0.1, -0.05) is 35.9 Å². The Kier molecular flexibility index (Phi) is 3.18. The van der Waals surface area contributed by atoms with Crippen molar-refractivity contribution in [1.29, 1.82) is 0 Å². The molecule has 140 valence electrons. The first-order chi connectivity index (χ1) is 13.6. The molecule has 2 bridgehead atoms. The van der Waals surface area contributed by atoms with Crippen LogP contribution in [0.1, 0.15) is 29.9 Å². The van der Waals surface area contributed by atoms with Crippen LogP contribution in [0.4, 0.5) is 8.78 Å². The fourth-order valence-corrected chi connectivity index (χ4v) is 4.88. The van der Waals surface area contributed by atoms with Gasteiger partial charge in [0.2, 0.25) is 0 Å². The smallest absolute Gasteiger partial charge is 0.387 e. The number of hydrogen-bond donors (Lipinski definition) is 0. The average molecular weight is 399 g/mol. The number of benzene rings is 2. The number of nitrogens with zero attached hydrogens (tertiary/aromatic N) is 4. The Morgan fingerprint density at radius 1 is 1.07 bits per heavy atom. The van der Waals surface area contributed by atoms with Crippen LogP contribution >= 0.6 is 11.6 Å². The molecule has 2 aromatic carbocycles.